The number of carbonyl (C=O) groups is 2. The summed E-state index contributed by atoms with van der Waals surface area (Å²) in [6.45, 7) is 2.26. The lowest BCUT2D eigenvalue weighted by molar-refractivity contribution is -0.119. The number of hydrogen-bond acceptors (Lipinski definition) is 5. The van der Waals surface area contributed by atoms with E-state index in [0.29, 0.717) is 38.5 Å². The van der Waals surface area contributed by atoms with Crippen LogP contribution in [0.25, 0.3) is 10.2 Å². The molecule has 1 aromatic carbocycles. The molecule has 0 saturated heterocycles. The average molecular weight is 449 g/mol. The normalized spacial score (nSPS) is 13.2. The topological polar surface area (TPSA) is 84.3 Å². The van der Waals surface area contributed by atoms with Crippen LogP contribution in [0.4, 0.5) is 5.69 Å². The molecule has 164 valence electrons. The zero-order valence-corrected chi connectivity index (χ0v) is 18.9. The Balaban J connectivity index is 1.83. The molecule has 0 bridgehead atoms. The first kappa shape index (κ1) is 21.8. The minimum Gasteiger partial charge on any atom is -0.358 e. The van der Waals surface area contributed by atoms with E-state index in [4.69, 9.17) is 11.4 Å². The first-order valence-corrected chi connectivity index (χ1v) is 11.4. The van der Waals surface area contributed by atoms with E-state index in [1.807, 2.05) is 0 Å². The van der Waals surface area contributed by atoms with E-state index in [-0.39, 0.29) is 23.9 Å². The molecule has 8 heteroatoms. The maximum absolute atomic E-state index is 13.6. The lowest BCUT2D eigenvalue weighted by Crippen LogP contribution is -2.39. The Labute approximate surface area is 190 Å². The highest BCUT2D eigenvalue weighted by Crippen LogP contribution is 2.31. The van der Waals surface area contributed by atoms with Crippen LogP contribution in [0.3, 0.4) is 0 Å². The Morgan fingerprint density at radius 1 is 1.31 bits per heavy atom. The molecule has 1 aliphatic rings. The van der Waals surface area contributed by atoms with E-state index in [0.717, 1.165) is 31.5 Å². The van der Waals surface area contributed by atoms with Crippen molar-refractivity contribution in [2.75, 3.05) is 18.5 Å². The summed E-state index contributed by atoms with van der Waals surface area (Å²) in [5.41, 5.74) is 1.63. The third kappa shape index (κ3) is 3.92. The Kier molecular flexibility index (Phi) is 6.10. The van der Waals surface area contributed by atoms with Gasteiger partial charge in [0, 0.05) is 31.3 Å². The van der Waals surface area contributed by atoms with Gasteiger partial charge in [0.25, 0.3) is 11.5 Å². The highest BCUT2D eigenvalue weighted by atomic mass is 32.1. The van der Waals surface area contributed by atoms with E-state index < -0.39 is 0 Å². The van der Waals surface area contributed by atoms with E-state index in [2.05, 4.69) is 11.2 Å². The molecule has 0 atom stereocenters. The maximum atomic E-state index is 13.6. The molecule has 0 radical (unpaired) electrons. The minimum absolute atomic E-state index is 0.0909. The molecule has 1 aliphatic heterocycles. The first-order valence-electron chi connectivity index (χ1n) is 10.6. The zero-order chi connectivity index (χ0) is 22.8. The largest absolute Gasteiger partial charge is 0.358 e. The van der Waals surface area contributed by atoms with Crippen LogP contribution in [0.15, 0.2) is 29.1 Å². The molecular formula is C24H24N4O3S. The van der Waals surface area contributed by atoms with Gasteiger partial charge in [0.15, 0.2) is 0 Å². The molecule has 0 spiro atoms. The van der Waals surface area contributed by atoms with Crippen LogP contribution in [0.5, 0.6) is 0 Å². The Bertz CT molecular complexity index is 1320. The summed E-state index contributed by atoms with van der Waals surface area (Å²) in [6.07, 6.45) is 9.30. The van der Waals surface area contributed by atoms with Crippen molar-refractivity contribution >= 4 is 39.1 Å². The fraction of sp³-hybridized carbons (Fsp3) is 0.333. The molecule has 0 saturated carbocycles. The average Bonchev–Trinajstić information content (AvgIpc) is 2.97. The fourth-order valence-corrected chi connectivity index (χ4v) is 5.14. The molecular weight excluding hydrogens is 424 g/mol. The summed E-state index contributed by atoms with van der Waals surface area (Å²) >= 11 is 1.21. The van der Waals surface area contributed by atoms with E-state index in [1.54, 1.807) is 35.8 Å². The van der Waals surface area contributed by atoms with E-state index in [1.165, 1.54) is 23.3 Å². The van der Waals surface area contributed by atoms with Crippen molar-refractivity contribution in [1.29, 1.82) is 0 Å². The van der Waals surface area contributed by atoms with Crippen LogP contribution >= 0.6 is 11.3 Å². The lowest BCUT2D eigenvalue weighted by Gasteiger charge is -2.22. The highest BCUT2D eigenvalue weighted by molar-refractivity contribution is 7.20. The van der Waals surface area contributed by atoms with E-state index >= 15 is 0 Å². The summed E-state index contributed by atoms with van der Waals surface area (Å²) in [6, 6.07) is 6.94. The van der Waals surface area contributed by atoms with Gasteiger partial charge in [-0.25, -0.2) is 4.98 Å². The number of aryl methyl sites for hydroxylation is 2. The second kappa shape index (κ2) is 8.97. The Morgan fingerprint density at radius 3 is 2.88 bits per heavy atom. The summed E-state index contributed by atoms with van der Waals surface area (Å²) in [4.78, 5) is 46.2. The van der Waals surface area contributed by atoms with Crippen LogP contribution in [0.2, 0.25) is 0 Å². The van der Waals surface area contributed by atoms with Gasteiger partial charge in [-0.3, -0.25) is 23.9 Å². The third-order valence-electron chi connectivity index (χ3n) is 5.76. The molecule has 7 nitrogen and oxygen atoms in total. The van der Waals surface area contributed by atoms with Gasteiger partial charge in [-0.1, -0.05) is 18.4 Å². The monoisotopic (exact) mass is 448 g/mol. The lowest BCUT2D eigenvalue weighted by atomic mass is 10.1. The van der Waals surface area contributed by atoms with Crippen LogP contribution in [-0.2, 0) is 17.8 Å². The van der Waals surface area contributed by atoms with Crippen LogP contribution < -0.4 is 15.8 Å². The first-order chi connectivity index (χ1) is 15.4. The Morgan fingerprint density at radius 2 is 2.12 bits per heavy atom. The number of carbonyl (C=O) groups excluding carboxylic acids is 2. The molecule has 2 amide bonds. The number of likely N-dealkylation sites (N-methyl/N-ethyl adjacent to an activating group) is 1. The van der Waals surface area contributed by atoms with Gasteiger partial charge >= 0.3 is 0 Å². The van der Waals surface area contributed by atoms with E-state index in [9.17, 15) is 14.4 Å². The van der Waals surface area contributed by atoms with Crippen LogP contribution in [0.1, 0.15) is 45.9 Å². The molecule has 2 aromatic heterocycles. The van der Waals surface area contributed by atoms with Gasteiger partial charge in [-0.2, -0.15) is 0 Å². The van der Waals surface area contributed by atoms with Gasteiger partial charge in [0.05, 0.1) is 10.3 Å². The van der Waals surface area contributed by atoms with Crippen molar-refractivity contribution in [3.63, 3.8) is 0 Å². The molecule has 32 heavy (non-hydrogen) atoms. The van der Waals surface area contributed by atoms with Gasteiger partial charge in [-0.05, 0) is 43.5 Å². The summed E-state index contributed by atoms with van der Waals surface area (Å²) in [7, 11) is 1.52. The minimum atomic E-state index is -0.358. The molecule has 0 aliphatic carbocycles. The summed E-state index contributed by atoms with van der Waals surface area (Å²) in [5.74, 6) is 2.67. The number of nitrogens with one attached hydrogen (secondary N) is 1. The van der Waals surface area contributed by atoms with Crippen molar-refractivity contribution in [1.82, 2.24) is 14.9 Å². The second-order valence-electron chi connectivity index (χ2n) is 7.79. The second-order valence-corrected chi connectivity index (χ2v) is 8.79. The number of anilines is 1. The van der Waals surface area contributed by atoms with Crippen molar-refractivity contribution < 1.29 is 9.59 Å². The third-order valence-corrected chi connectivity index (χ3v) is 6.93. The smallest absolute Gasteiger partial charge is 0.269 e. The number of rotatable bonds is 4. The standard InChI is InChI=1S/C24H24N4O3S/c1-4-16-9-8-10-17(13-16)28(14-19(29)25-3)24(31)21-15(2)20-22(32-21)26-18-11-6-5-7-12-27(18)23(20)30/h1,8-10,13H,5-7,11-12,14H2,2-3H3,(H,25,29). The maximum Gasteiger partial charge on any atom is 0.269 e. The van der Waals surface area contributed by atoms with Crippen molar-refractivity contribution in [3.05, 3.63) is 56.4 Å². The number of benzene rings is 1. The number of fused-ring (bicyclic) bond motifs is 2. The molecule has 3 aromatic rings. The number of nitrogens with zero attached hydrogens (tertiary/aromatic N) is 3. The molecule has 3 heterocycles. The number of aromatic nitrogens is 2. The highest BCUT2D eigenvalue weighted by Gasteiger charge is 2.27. The van der Waals surface area contributed by atoms with Crippen molar-refractivity contribution in [2.45, 2.75) is 39.2 Å². The molecule has 0 unspecified atom stereocenters. The fourth-order valence-electron chi connectivity index (χ4n) is 4.00. The quantitative estimate of drug-likeness (QED) is 0.622. The summed E-state index contributed by atoms with van der Waals surface area (Å²) in [5, 5.41) is 3.05. The zero-order valence-electron chi connectivity index (χ0n) is 18.1. The van der Waals surface area contributed by atoms with Crippen molar-refractivity contribution in [2.24, 2.45) is 0 Å². The van der Waals surface area contributed by atoms with Gasteiger partial charge in [-0.15, -0.1) is 17.8 Å². The van der Waals surface area contributed by atoms with Gasteiger partial charge in [0.2, 0.25) is 5.91 Å². The SMILES string of the molecule is C#Cc1cccc(N(CC(=O)NC)C(=O)c2sc3nc4n(c(=O)c3c2C)CCCCC4)c1. The molecule has 0 fully saturated rings. The Hall–Kier alpha value is -3.44. The number of hydrogen-bond donors (Lipinski definition) is 1. The number of terminal acetylenes is 1. The van der Waals surface area contributed by atoms with Crippen LogP contribution in [-0.4, -0.2) is 35.0 Å². The van der Waals surface area contributed by atoms with Gasteiger partial charge < -0.3 is 5.32 Å². The predicted molar refractivity (Wildman–Crippen MR) is 126 cm³/mol. The van der Waals surface area contributed by atoms with Gasteiger partial charge in [0.1, 0.15) is 17.2 Å². The molecule has 1 N–H and O–H groups in total. The van der Waals surface area contributed by atoms with Crippen molar-refractivity contribution in [3.8, 4) is 12.3 Å². The van der Waals surface area contributed by atoms with Crippen LogP contribution in [0, 0.1) is 19.3 Å². The number of thiophene rings is 1. The predicted octanol–water partition coefficient (Wildman–Crippen LogP) is 2.87. The molecule has 4 rings (SSSR count). The number of amides is 2. The summed E-state index contributed by atoms with van der Waals surface area (Å²) < 4.78 is 1.75.